The van der Waals surface area contributed by atoms with Gasteiger partial charge in [-0.1, -0.05) is 6.92 Å². The molecule has 7 heteroatoms. The van der Waals surface area contributed by atoms with E-state index in [1.165, 1.54) is 7.11 Å². The van der Waals surface area contributed by atoms with E-state index < -0.39 is 0 Å². The summed E-state index contributed by atoms with van der Waals surface area (Å²) in [6, 6.07) is 5.36. The molecule has 0 spiro atoms. The van der Waals surface area contributed by atoms with Crippen molar-refractivity contribution in [1.82, 2.24) is 15.5 Å². The van der Waals surface area contributed by atoms with Crippen LogP contribution in [-0.4, -0.2) is 63.2 Å². The minimum atomic E-state index is -0.229. The van der Waals surface area contributed by atoms with E-state index in [4.69, 9.17) is 9.47 Å². The van der Waals surface area contributed by atoms with E-state index in [1.54, 1.807) is 25.2 Å². The number of nitrogens with zero attached hydrogens (tertiary/aromatic N) is 1. The average molecular weight is 363 g/mol. The van der Waals surface area contributed by atoms with Crippen LogP contribution >= 0.6 is 0 Å². The van der Waals surface area contributed by atoms with Crippen molar-refractivity contribution in [3.63, 3.8) is 0 Å². The fourth-order valence-electron chi connectivity index (χ4n) is 3.11. The molecular formula is C19H29N3O4. The van der Waals surface area contributed by atoms with E-state index in [0.29, 0.717) is 17.1 Å². The number of methoxy groups -OCH3 is 1. The first-order chi connectivity index (χ1) is 12.6. The third kappa shape index (κ3) is 5.11. The molecule has 0 saturated carbocycles. The highest BCUT2D eigenvalue weighted by molar-refractivity contribution is 5.95. The fourth-order valence-corrected chi connectivity index (χ4v) is 3.11. The van der Waals surface area contributed by atoms with Crippen molar-refractivity contribution < 1.29 is 19.1 Å². The summed E-state index contributed by atoms with van der Waals surface area (Å²) in [6.45, 7) is 4.59. The number of amides is 2. The van der Waals surface area contributed by atoms with Crippen molar-refractivity contribution in [3.8, 4) is 11.5 Å². The van der Waals surface area contributed by atoms with Gasteiger partial charge in [-0.15, -0.1) is 0 Å². The molecule has 1 saturated heterocycles. The van der Waals surface area contributed by atoms with Gasteiger partial charge in [0.15, 0.2) is 18.1 Å². The summed E-state index contributed by atoms with van der Waals surface area (Å²) in [4.78, 5) is 26.4. The number of carbonyl (C=O) groups excluding carboxylic acids is 2. The van der Waals surface area contributed by atoms with Crippen molar-refractivity contribution in [2.75, 3.05) is 40.4 Å². The lowest BCUT2D eigenvalue weighted by molar-refractivity contribution is -0.122. The Morgan fingerprint density at radius 3 is 2.62 bits per heavy atom. The minimum absolute atomic E-state index is 0.00917. The molecule has 1 aromatic carbocycles. The highest BCUT2D eigenvalue weighted by Gasteiger charge is 2.26. The predicted molar refractivity (Wildman–Crippen MR) is 99.8 cm³/mol. The molecule has 0 aliphatic carbocycles. The van der Waals surface area contributed by atoms with Gasteiger partial charge in [0.05, 0.1) is 7.11 Å². The lowest BCUT2D eigenvalue weighted by Gasteiger charge is -2.34. The Labute approximate surface area is 155 Å². The topological polar surface area (TPSA) is 79.9 Å². The van der Waals surface area contributed by atoms with Gasteiger partial charge in [-0.25, -0.2) is 0 Å². The first-order valence-corrected chi connectivity index (χ1v) is 9.13. The molecule has 26 heavy (non-hydrogen) atoms. The zero-order chi connectivity index (χ0) is 18.9. The molecule has 2 amide bonds. The SMILES string of the molecule is CCCN(C(=O)c1ccc(OCC(=O)NC)c(OC)c1)C1CCNCC1. The zero-order valence-corrected chi connectivity index (χ0v) is 15.8. The van der Waals surface area contributed by atoms with Crippen molar-refractivity contribution >= 4 is 11.8 Å². The molecule has 0 radical (unpaired) electrons. The predicted octanol–water partition coefficient (Wildman–Crippen LogP) is 1.42. The van der Waals surface area contributed by atoms with Crippen LogP contribution in [-0.2, 0) is 4.79 Å². The Morgan fingerprint density at radius 1 is 1.27 bits per heavy atom. The van der Waals surface area contributed by atoms with Crippen LogP contribution in [0.15, 0.2) is 18.2 Å². The molecule has 1 aromatic rings. The van der Waals surface area contributed by atoms with Gasteiger partial charge < -0.3 is 25.0 Å². The maximum Gasteiger partial charge on any atom is 0.257 e. The van der Waals surface area contributed by atoms with Crippen LogP contribution in [0.25, 0.3) is 0 Å². The summed E-state index contributed by atoms with van der Waals surface area (Å²) >= 11 is 0. The number of likely N-dealkylation sites (N-methyl/N-ethyl adjacent to an activating group) is 1. The van der Waals surface area contributed by atoms with Crippen LogP contribution in [0.2, 0.25) is 0 Å². The summed E-state index contributed by atoms with van der Waals surface area (Å²) in [6.07, 6.45) is 2.85. The molecule has 0 atom stereocenters. The zero-order valence-electron chi connectivity index (χ0n) is 15.8. The number of rotatable bonds is 8. The number of carbonyl (C=O) groups is 2. The highest BCUT2D eigenvalue weighted by Crippen LogP contribution is 2.29. The maximum atomic E-state index is 13.1. The number of piperidine rings is 1. The monoisotopic (exact) mass is 363 g/mol. The molecule has 2 rings (SSSR count). The second-order valence-corrected chi connectivity index (χ2v) is 6.31. The van der Waals surface area contributed by atoms with Crippen LogP contribution in [0.4, 0.5) is 0 Å². The number of ether oxygens (including phenoxy) is 2. The van der Waals surface area contributed by atoms with Gasteiger partial charge in [0, 0.05) is 25.2 Å². The number of hydrogen-bond donors (Lipinski definition) is 2. The first-order valence-electron chi connectivity index (χ1n) is 9.13. The number of nitrogens with one attached hydrogen (secondary N) is 2. The molecular weight excluding hydrogens is 334 g/mol. The molecule has 1 aliphatic heterocycles. The smallest absolute Gasteiger partial charge is 0.257 e. The second-order valence-electron chi connectivity index (χ2n) is 6.31. The second kappa shape index (κ2) is 10.0. The standard InChI is InChI=1S/C19H29N3O4/c1-4-11-22(15-7-9-21-10-8-15)19(24)14-5-6-16(17(12-14)25-3)26-13-18(23)20-2/h5-6,12,15,21H,4,7-11,13H2,1-3H3,(H,20,23). The molecule has 1 fully saturated rings. The summed E-state index contributed by atoms with van der Waals surface area (Å²) < 4.78 is 10.8. The van der Waals surface area contributed by atoms with Gasteiger partial charge in [0.1, 0.15) is 0 Å². The third-order valence-electron chi connectivity index (χ3n) is 4.52. The van der Waals surface area contributed by atoms with Gasteiger partial charge in [-0.05, 0) is 50.6 Å². The summed E-state index contributed by atoms with van der Waals surface area (Å²) in [5.74, 6) is 0.667. The van der Waals surface area contributed by atoms with Crippen LogP contribution in [0.1, 0.15) is 36.5 Å². The molecule has 1 heterocycles. The normalized spacial score (nSPS) is 14.6. The van der Waals surface area contributed by atoms with Gasteiger partial charge in [0.2, 0.25) is 0 Å². The first kappa shape index (κ1) is 20.0. The molecule has 0 unspecified atom stereocenters. The highest BCUT2D eigenvalue weighted by atomic mass is 16.5. The van der Waals surface area contributed by atoms with E-state index in [-0.39, 0.29) is 24.5 Å². The number of benzene rings is 1. The van der Waals surface area contributed by atoms with E-state index >= 15 is 0 Å². The van der Waals surface area contributed by atoms with Crippen molar-refractivity contribution in [2.24, 2.45) is 0 Å². The number of hydrogen-bond acceptors (Lipinski definition) is 5. The van der Waals surface area contributed by atoms with Crippen molar-refractivity contribution in [3.05, 3.63) is 23.8 Å². The third-order valence-corrected chi connectivity index (χ3v) is 4.52. The average Bonchev–Trinajstić information content (AvgIpc) is 2.70. The fraction of sp³-hybridized carbons (Fsp3) is 0.579. The van der Waals surface area contributed by atoms with Crippen LogP contribution in [0.3, 0.4) is 0 Å². The van der Waals surface area contributed by atoms with Crippen LogP contribution < -0.4 is 20.1 Å². The van der Waals surface area contributed by atoms with Gasteiger partial charge in [-0.2, -0.15) is 0 Å². The lowest BCUT2D eigenvalue weighted by atomic mass is 10.0. The Kier molecular flexibility index (Phi) is 7.72. The van der Waals surface area contributed by atoms with Crippen molar-refractivity contribution in [1.29, 1.82) is 0 Å². The maximum absolute atomic E-state index is 13.1. The van der Waals surface area contributed by atoms with Crippen LogP contribution in [0, 0.1) is 0 Å². The lowest BCUT2D eigenvalue weighted by Crippen LogP contribution is -2.46. The molecule has 0 aromatic heterocycles. The quantitative estimate of drug-likeness (QED) is 0.730. The Balaban J connectivity index is 2.16. The van der Waals surface area contributed by atoms with Crippen molar-refractivity contribution in [2.45, 2.75) is 32.2 Å². The summed E-state index contributed by atoms with van der Waals surface area (Å²) in [5, 5.41) is 5.83. The van der Waals surface area contributed by atoms with Gasteiger partial charge >= 0.3 is 0 Å². The van der Waals surface area contributed by atoms with E-state index in [1.807, 2.05) is 4.90 Å². The summed E-state index contributed by atoms with van der Waals surface area (Å²) in [7, 11) is 3.07. The summed E-state index contributed by atoms with van der Waals surface area (Å²) in [5.41, 5.74) is 0.570. The minimum Gasteiger partial charge on any atom is -0.493 e. The molecule has 0 bridgehead atoms. The van der Waals surface area contributed by atoms with E-state index in [2.05, 4.69) is 17.6 Å². The van der Waals surface area contributed by atoms with E-state index in [9.17, 15) is 9.59 Å². The Hall–Kier alpha value is -2.28. The van der Waals surface area contributed by atoms with Gasteiger partial charge in [0.25, 0.3) is 11.8 Å². The van der Waals surface area contributed by atoms with E-state index in [0.717, 1.165) is 38.9 Å². The van der Waals surface area contributed by atoms with Gasteiger partial charge in [-0.3, -0.25) is 9.59 Å². The Morgan fingerprint density at radius 2 is 2.00 bits per heavy atom. The van der Waals surface area contributed by atoms with Crippen LogP contribution in [0.5, 0.6) is 11.5 Å². The largest absolute Gasteiger partial charge is 0.493 e. The molecule has 1 aliphatic rings. The molecule has 2 N–H and O–H groups in total. The molecule has 144 valence electrons. The Bertz CT molecular complexity index is 615. The molecule has 7 nitrogen and oxygen atoms in total.